The lowest BCUT2D eigenvalue weighted by atomic mass is 9.83. The monoisotopic (exact) mass is 959 g/mol. The topological polar surface area (TPSA) is 57.2 Å². The summed E-state index contributed by atoms with van der Waals surface area (Å²) in [5.41, 5.74) is 15.3. The zero-order valence-electron chi connectivity index (χ0n) is 40.5. The SMILES string of the molecule is CC1(C)c2ccccc2Oc2c([Si](c3ccccc3)(c3ccccc3)c3ccc4c(c3)-c3ccccc3-c3cncnc3-c3ccccc3-4)cc(-n3c4ccccc4n4c5ccccc5nc34)cc2[Si]1(C)C. The van der Waals surface area contributed by atoms with E-state index in [1.165, 1.54) is 37.1 Å². The molecule has 1 aliphatic carbocycles. The summed E-state index contributed by atoms with van der Waals surface area (Å²) in [6, 6.07) is 78.5. The Morgan fingerprint density at radius 2 is 1.10 bits per heavy atom. The number of fused-ring (bicyclic) bond motifs is 15. The third-order valence-corrected chi connectivity index (χ3v) is 26.3. The molecule has 72 heavy (non-hydrogen) atoms. The predicted octanol–water partition coefficient (Wildman–Crippen LogP) is 12.1. The zero-order chi connectivity index (χ0) is 48.3. The third-order valence-electron chi connectivity index (χ3n) is 16.4. The summed E-state index contributed by atoms with van der Waals surface area (Å²) >= 11 is 0. The molecular formula is C64H49N5OSi2. The van der Waals surface area contributed by atoms with Gasteiger partial charge < -0.3 is 4.74 Å². The highest BCUT2D eigenvalue weighted by Crippen LogP contribution is 2.48. The highest BCUT2D eigenvalue weighted by molar-refractivity contribution is 7.20. The van der Waals surface area contributed by atoms with Crippen molar-refractivity contribution < 1.29 is 4.74 Å². The van der Waals surface area contributed by atoms with Crippen molar-refractivity contribution in [2.24, 2.45) is 0 Å². The van der Waals surface area contributed by atoms with Crippen LogP contribution in [0.1, 0.15) is 19.4 Å². The van der Waals surface area contributed by atoms with Crippen molar-refractivity contribution in [3.05, 3.63) is 230 Å². The summed E-state index contributed by atoms with van der Waals surface area (Å²) in [6.45, 7) is 9.99. The summed E-state index contributed by atoms with van der Waals surface area (Å²) in [5, 5.41) is 6.05. The molecule has 4 heterocycles. The molecule has 0 unspecified atom stereocenters. The molecule has 1 aliphatic heterocycles. The van der Waals surface area contributed by atoms with E-state index in [0.717, 1.165) is 84.1 Å². The van der Waals surface area contributed by atoms with E-state index in [4.69, 9.17) is 14.7 Å². The van der Waals surface area contributed by atoms with E-state index in [9.17, 15) is 0 Å². The van der Waals surface area contributed by atoms with Gasteiger partial charge in [0.25, 0.3) is 0 Å². The maximum absolute atomic E-state index is 7.79. The van der Waals surface area contributed by atoms with E-state index >= 15 is 0 Å². The first-order chi connectivity index (χ1) is 35.2. The minimum atomic E-state index is -3.48. The largest absolute Gasteiger partial charge is 0.457 e. The van der Waals surface area contributed by atoms with Crippen molar-refractivity contribution in [3.8, 4) is 61.8 Å². The van der Waals surface area contributed by atoms with Crippen molar-refractivity contribution in [1.29, 1.82) is 0 Å². The Morgan fingerprint density at radius 3 is 1.83 bits per heavy atom. The lowest BCUT2D eigenvalue weighted by Crippen LogP contribution is -2.75. The van der Waals surface area contributed by atoms with Crippen LogP contribution in [0.25, 0.3) is 78.2 Å². The van der Waals surface area contributed by atoms with Gasteiger partial charge in [0, 0.05) is 23.0 Å². The zero-order valence-corrected chi connectivity index (χ0v) is 42.5. The minimum absolute atomic E-state index is 0.218. The summed E-state index contributed by atoms with van der Waals surface area (Å²) in [7, 11) is -6.06. The van der Waals surface area contributed by atoms with Gasteiger partial charge in [-0.05, 0) is 107 Å². The molecule has 12 aromatic rings. The normalized spacial score (nSPS) is 14.2. The van der Waals surface area contributed by atoms with Crippen LogP contribution in [0, 0.1) is 0 Å². The molecule has 3 aromatic heterocycles. The summed E-state index contributed by atoms with van der Waals surface area (Å²) in [4.78, 5) is 15.0. The number of ether oxygens (including phenoxy) is 1. The van der Waals surface area contributed by atoms with Crippen molar-refractivity contribution in [2.45, 2.75) is 32.0 Å². The number of imidazole rings is 2. The van der Waals surface area contributed by atoms with Crippen molar-refractivity contribution in [1.82, 2.24) is 23.9 Å². The fraction of sp³-hybridized carbons (Fsp3) is 0.0781. The molecule has 0 atom stereocenters. The Morgan fingerprint density at radius 1 is 0.514 bits per heavy atom. The molecule has 0 N–H and O–H groups in total. The Bertz CT molecular complexity index is 4110. The smallest absolute Gasteiger partial charge is 0.220 e. The maximum atomic E-state index is 7.79. The Balaban J connectivity index is 1.17. The molecule has 0 saturated carbocycles. The van der Waals surface area contributed by atoms with Gasteiger partial charge in [-0.25, -0.2) is 15.0 Å². The van der Waals surface area contributed by atoms with Crippen molar-refractivity contribution in [3.63, 3.8) is 0 Å². The molecule has 0 saturated heterocycles. The highest BCUT2D eigenvalue weighted by atomic mass is 28.3. The van der Waals surface area contributed by atoms with Gasteiger partial charge in [-0.15, -0.1) is 0 Å². The highest BCUT2D eigenvalue weighted by Gasteiger charge is 2.51. The molecular weight excluding hydrogens is 911 g/mol. The van der Waals surface area contributed by atoms with Crippen LogP contribution in [0.4, 0.5) is 0 Å². The average molecular weight is 960 g/mol. The van der Waals surface area contributed by atoms with Crippen LogP contribution < -0.4 is 30.7 Å². The van der Waals surface area contributed by atoms with Crippen LogP contribution in [0.3, 0.4) is 0 Å². The Kier molecular flexibility index (Phi) is 9.31. The van der Waals surface area contributed by atoms with Gasteiger partial charge in [0.05, 0.1) is 35.8 Å². The number of hydrogen-bond donors (Lipinski definition) is 0. The van der Waals surface area contributed by atoms with Gasteiger partial charge in [0.2, 0.25) is 5.78 Å². The Labute approximate surface area is 420 Å². The molecule has 2 aliphatic rings. The molecule has 0 amide bonds. The van der Waals surface area contributed by atoms with Crippen molar-refractivity contribution in [2.75, 3.05) is 0 Å². The minimum Gasteiger partial charge on any atom is -0.457 e. The maximum Gasteiger partial charge on any atom is 0.220 e. The molecule has 0 radical (unpaired) electrons. The Hall–Kier alpha value is -8.44. The van der Waals surface area contributed by atoms with E-state index < -0.39 is 16.1 Å². The van der Waals surface area contributed by atoms with Crippen LogP contribution in [0.5, 0.6) is 11.5 Å². The standard InChI is InChI=1S/C64H49N5OSi2/c1-64(2)53-29-15-20-34-58(53)70-62-59(71(64,3)4)37-42(68-56-32-18-19-33-57(56)69-55-31-17-16-30-54(55)67-63(68)69)38-60(62)72(43-21-7-5-8-22-43,44-23-9-6-10-24-44)45-35-36-49-46-25-13-14-28-50(46)61-52(40-65-41-66-61)48-27-12-11-26-47(48)51(49)39-45/h5-41H,1-4H3. The van der Waals surface area contributed by atoms with E-state index in [2.05, 4.69) is 253 Å². The first kappa shape index (κ1) is 42.4. The van der Waals surface area contributed by atoms with Gasteiger partial charge in [-0.2, -0.15) is 0 Å². The second-order valence-corrected chi connectivity index (χ2v) is 29.2. The number of rotatable bonds is 5. The third kappa shape index (κ3) is 5.90. The van der Waals surface area contributed by atoms with Gasteiger partial charge in [-0.1, -0.05) is 197 Å². The van der Waals surface area contributed by atoms with Crippen LogP contribution in [-0.2, 0) is 5.04 Å². The van der Waals surface area contributed by atoms with Gasteiger partial charge >= 0.3 is 0 Å². The van der Waals surface area contributed by atoms with Crippen LogP contribution in [0.15, 0.2) is 225 Å². The molecule has 14 rings (SSSR count). The van der Waals surface area contributed by atoms with Crippen LogP contribution in [-0.4, -0.2) is 40.1 Å². The van der Waals surface area contributed by atoms with E-state index in [0.29, 0.717) is 0 Å². The van der Waals surface area contributed by atoms with Crippen LogP contribution >= 0.6 is 0 Å². The molecule has 344 valence electrons. The van der Waals surface area contributed by atoms with Gasteiger partial charge in [0.15, 0.2) is 8.07 Å². The molecule has 0 spiro atoms. The van der Waals surface area contributed by atoms with Gasteiger partial charge in [-0.3, -0.25) is 8.97 Å². The lowest BCUT2D eigenvalue weighted by Gasteiger charge is -2.41. The van der Waals surface area contributed by atoms with E-state index in [1.54, 1.807) is 6.33 Å². The summed E-state index contributed by atoms with van der Waals surface area (Å²) < 4.78 is 12.5. The van der Waals surface area contributed by atoms with Crippen LogP contribution in [0.2, 0.25) is 13.1 Å². The second kappa shape index (κ2) is 15.8. The second-order valence-electron chi connectivity index (χ2n) is 20.4. The fourth-order valence-corrected chi connectivity index (χ4v) is 20.1. The number of hydrogen-bond acceptors (Lipinski definition) is 4. The average Bonchev–Trinajstić information content (AvgIpc) is 3.95. The predicted molar refractivity (Wildman–Crippen MR) is 301 cm³/mol. The fourth-order valence-electron chi connectivity index (χ4n) is 12.3. The number of nitrogens with zero attached hydrogens (tertiary/aromatic N) is 5. The number of aromatic nitrogens is 5. The summed E-state index contributed by atoms with van der Waals surface area (Å²) in [5.74, 6) is 2.77. The molecule has 9 aromatic carbocycles. The molecule has 0 bridgehead atoms. The quantitative estimate of drug-likeness (QED) is 0.127. The van der Waals surface area contributed by atoms with E-state index in [1.807, 2.05) is 6.20 Å². The van der Waals surface area contributed by atoms with Gasteiger partial charge in [0.1, 0.15) is 17.8 Å². The summed E-state index contributed by atoms with van der Waals surface area (Å²) in [6.07, 6.45) is 3.65. The number of benzene rings is 9. The van der Waals surface area contributed by atoms with Crippen molar-refractivity contribution >= 4 is 69.9 Å². The number of para-hydroxylation sites is 5. The molecule has 0 fully saturated rings. The molecule has 6 nitrogen and oxygen atoms in total. The first-order valence-electron chi connectivity index (χ1n) is 24.8. The first-order valence-corrected chi connectivity index (χ1v) is 29.8. The molecule has 8 heteroatoms. The lowest BCUT2D eigenvalue weighted by molar-refractivity contribution is 0.480. The van der Waals surface area contributed by atoms with E-state index in [-0.39, 0.29) is 5.04 Å².